The van der Waals surface area contributed by atoms with Gasteiger partial charge in [-0.15, -0.1) is 0 Å². The summed E-state index contributed by atoms with van der Waals surface area (Å²) in [7, 11) is 0. The lowest BCUT2D eigenvalue weighted by Crippen LogP contribution is -2.77. The smallest absolute Gasteiger partial charge is 0.335 e. The normalized spacial score (nSPS) is 53.0. The van der Waals surface area contributed by atoms with E-state index in [2.05, 4.69) is 5.32 Å². The van der Waals surface area contributed by atoms with Gasteiger partial charge in [0.25, 0.3) is 0 Å². The van der Waals surface area contributed by atoms with Crippen LogP contribution in [-0.2, 0) is 19.1 Å². The molecule has 0 radical (unpaired) electrons. The third-order valence-electron chi connectivity index (χ3n) is 9.63. The molecule has 1 spiro atoms. The predicted octanol–water partition coefficient (Wildman–Crippen LogP) is -0.877. The summed E-state index contributed by atoms with van der Waals surface area (Å²) >= 11 is 0. The van der Waals surface area contributed by atoms with Crippen LogP contribution < -0.4 is 11.1 Å². The van der Waals surface area contributed by atoms with E-state index < -0.39 is 36.2 Å². The summed E-state index contributed by atoms with van der Waals surface area (Å²) in [6, 6.07) is 0. The lowest BCUT2D eigenvalue weighted by Gasteiger charge is -2.73. The number of fused-ring (bicyclic) bond motifs is 1. The number of carboxylic acid groups (broad SMARTS) is 1. The van der Waals surface area contributed by atoms with E-state index in [0.717, 1.165) is 45.1 Å². The Bertz CT molecular complexity index is 842. The first-order valence-corrected chi connectivity index (χ1v) is 11.9. The number of aliphatic hydroxyl groups excluding tert-OH is 2. The number of aliphatic hydroxyl groups is 2. The van der Waals surface area contributed by atoms with Gasteiger partial charge in [0.1, 0.15) is 6.10 Å². The number of carboxylic acids is 1. The fraction of sp³-hybridized carbons (Fsp3) is 0.909. The molecule has 2 saturated heterocycles. The Balaban J connectivity index is 1.16. The number of amides is 1. The molecule has 10 heteroatoms. The van der Waals surface area contributed by atoms with E-state index in [9.17, 15) is 24.9 Å². The Morgan fingerprint density at radius 1 is 1.19 bits per heavy atom. The lowest BCUT2D eigenvalue weighted by atomic mass is 9.35. The third kappa shape index (κ3) is 2.68. The van der Waals surface area contributed by atoms with Gasteiger partial charge < -0.3 is 40.7 Å². The molecule has 2 heterocycles. The Hall–Kier alpha value is -1.30. The largest absolute Gasteiger partial charge is 0.479 e. The first-order chi connectivity index (χ1) is 15.2. The highest BCUT2D eigenvalue weighted by Crippen LogP contribution is 2.84. The number of aliphatic carboxylic acids is 1. The molecule has 6 aliphatic rings. The minimum atomic E-state index is -1.50. The van der Waals surface area contributed by atoms with Crippen LogP contribution in [0.3, 0.4) is 0 Å². The van der Waals surface area contributed by atoms with E-state index in [0.29, 0.717) is 11.8 Å². The first-order valence-electron chi connectivity index (χ1n) is 11.9. The molecule has 2 aliphatic heterocycles. The number of hydrogen-bond acceptors (Lipinski definition) is 8. The molecule has 6 fully saturated rings. The van der Waals surface area contributed by atoms with Crippen molar-refractivity contribution in [2.75, 3.05) is 13.1 Å². The molecular weight excluding hydrogens is 418 g/mol. The van der Waals surface area contributed by atoms with Crippen molar-refractivity contribution in [2.24, 2.45) is 23.0 Å². The van der Waals surface area contributed by atoms with Gasteiger partial charge >= 0.3 is 5.97 Å². The molecule has 10 atom stereocenters. The van der Waals surface area contributed by atoms with Crippen LogP contribution in [0.15, 0.2) is 0 Å². The van der Waals surface area contributed by atoms with Gasteiger partial charge in [0.15, 0.2) is 12.4 Å². The van der Waals surface area contributed by atoms with Gasteiger partial charge in [0.05, 0.1) is 24.4 Å². The van der Waals surface area contributed by atoms with E-state index in [1.54, 1.807) is 4.90 Å². The zero-order valence-electron chi connectivity index (χ0n) is 18.1. The number of likely N-dealkylation sites (tertiary alicyclic amines) is 1. The highest BCUT2D eigenvalue weighted by molar-refractivity contribution is 5.79. The fourth-order valence-electron chi connectivity index (χ4n) is 8.44. The average molecular weight is 452 g/mol. The predicted molar refractivity (Wildman–Crippen MR) is 109 cm³/mol. The van der Waals surface area contributed by atoms with Crippen LogP contribution in [-0.4, -0.2) is 87.1 Å². The number of nitrogens with one attached hydrogen (secondary N) is 1. The van der Waals surface area contributed by atoms with Gasteiger partial charge in [0, 0.05) is 18.5 Å². The molecule has 4 saturated carbocycles. The summed E-state index contributed by atoms with van der Waals surface area (Å²) in [5, 5.41) is 33.1. The number of nitrogens with two attached hydrogens (primary N) is 1. The van der Waals surface area contributed by atoms with E-state index in [1.165, 1.54) is 6.42 Å². The topological polar surface area (TPSA) is 155 Å². The van der Waals surface area contributed by atoms with Crippen LogP contribution in [0, 0.1) is 17.3 Å². The number of ether oxygens (including phenoxy) is 2. The van der Waals surface area contributed by atoms with Crippen LogP contribution in [0.1, 0.15) is 51.4 Å². The van der Waals surface area contributed by atoms with E-state index in [4.69, 9.17) is 15.2 Å². The maximum atomic E-state index is 12.8. The van der Waals surface area contributed by atoms with Gasteiger partial charge in [-0.2, -0.15) is 0 Å². The van der Waals surface area contributed by atoms with Gasteiger partial charge in [-0.25, -0.2) is 4.79 Å². The second-order valence-corrected chi connectivity index (χ2v) is 11.1. The van der Waals surface area contributed by atoms with E-state index >= 15 is 0 Å². The van der Waals surface area contributed by atoms with Crippen molar-refractivity contribution in [1.82, 2.24) is 10.2 Å². The lowest BCUT2D eigenvalue weighted by molar-refractivity contribution is -0.286. The molecule has 4 aliphatic carbocycles. The average Bonchev–Trinajstić information content (AvgIpc) is 3.35. The third-order valence-corrected chi connectivity index (χ3v) is 9.63. The first kappa shape index (κ1) is 21.2. The number of nitrogens with zero attached hydrogens (tertiary/aromatic N) is 1. The molecule has 178 valence electrons. The van der Waals surface area contributed by atoms with Crippen LogP contribution in [0.25, 0.3) is 0 Å². The van der Waals surface area contributed by atoms with E-state index in [-0.39, 0.29) is 36.0 Å². The fourth-order valence-corrected chi connectivity index (χ4v) is 8.44. The minimum Gasteiger partial charge on any atom is -0.479 e. The van der Waals surface area contributed by atoms with Crippen molar-refractivity contribution < 1.29 is 34.4 Å². The van der Waals surface area contributed by atoms with Gasteiger partial charge in [-0.05, 0) is 62.2 Å². The SMILES string of the molecule is N[C@@H]1CCCN1C(=O)CNC12CC3CC4CC(O[C@H]5C[C@@H](O)[C@H](O)[C@@H](C(=O)O)O5)(C1)CC432. The van der Waals surface area contributed by atoms with Crippen molar-refractivity contribution in [3.05, 3.63) is 0 Å². The summed E-state index contributed by atoms with van der Waals surface area (Å²) in [4.78, 5) is 26.0. The molecule has 32 heavy (non-hydrogen) atoms. The van der Waals surface area contributed by atoms with Crippen LogP contribution in [0.2, 0.25) is 0 Å². The minimum absolute atomic E-state index is 0.0412. The molecule has 0 aromatic heterocycles. The van der Waals surface area contributed by atoms with Crippen molar-refractivity contribution >= 4 is 11.9 Å². The molecule has 1 amide bonds. The summed E-state index contributed by atoms with van der Waals surface area (Å²) in [6.45, 7) is 0.993. The quantitative estimate of drug-likeness (QED) is 0.346. The summed E-state index contributed by atoms with van der Waals surface area (Å²) < 4.78 is 12.0. The summed E-state index contributed by atoms with van der Waals surface area (Å²) in [5.41, 5.74) is 5.61. The van der Waals surface area contributed by atoms with Crippen molar-refractivity contribution in [3.63, 3.8) is 0 Å². The molecule has 6 rings (SSSR count). The highest BCUT2D eigenvalue weighted by Gasteiger charge is 2.84. The monoisotopic (exact) mass is 451 g/mol. The Morgan fingerprint density at radius 3 is 2.66 bits per heavy atom. The zero-order chi connectivity index (χ0) is 22.5. The number of hydrogen-bond donors (Lipinski definition) is 5. The Labute approximate surface area is 186 Å². The van der Waals surface area contributed by atoms with Gasteiger partial charge in [0.2, 0.25) is 5.91 Å². The van der Waals surface area contributed by atoms with E-state index in [1.807, 2.05) is 0 Å². The molecule has 6 N–H and O–H groups in total. The van der Waals surface area contributed by atoms with Crippen molar-refractivity contribution in [2.45, 2.75) is 93.3 Å². The highest BCUT2D eigenvalue weighted by atomic mass is 16.7. The molecular formula is C22H33N3O7. The Morgan fingerprint density at radius 2 is 1.97 bits per heavy atom. The molecule has 0 aromatic carbocycles. The van der Waals surface area contributed by atoms with Gasteiger partial charge in [-0.3, -0.25) is 4.79 Å². The summed E-state index contributed by atoms with van der Waals surface area (Å²) in [5.74, 6) is -0.0878. The molecule has 5 unspecified atom stereocenters. The Kier molecular flexibility index (Phi) is 4.56. The van der Waals surface area contributed by atoms with Crippen LogP contribution in [0.5, 0.6) is 0 Å². The molecule has 0 aromatic rings. The maximum absolute atomic E-state index is 12.8. The van der Waals surface area contributed by atoms with Crippen LogP contribution >= 0.6 is 0 Å². The standard InChI is InChI=1S/C22H33N3O7/c23-14-2-1-3-25(14)15(27)8-24-21-7-12-4-11-6-20(9-21,10-22(11,12)21)32-16-5-13(26)17(28)18(31-16)19(29)30/h11-14,16-18,24,26,28H,1-10,23H2,(H,29,30)/t11?,12?,13-,14+,16+,17+,18+,20?,21?,22?/m1/s1. The second kappa shape index (κ2) is 6.86. The van der Waals surface area contributed by atoms with Crippen molar-refractivity contribution in [1.29, 1.82) is 0 Å². The molecule has 10 nitrogen and oxygen atoms in total. The maximum Gasteiger partial charge on any atom is 0.335 e. The number of rotatable bonds is 6. The van der Waals surface area contributed by atoms with Gasteiger partial charge in [-0.1, -0.05) is 0 Å². The molecule has 2 bridgehead atoms. The summed E-state index contributed by atoms with van der Waals surface area (Å²) in [6.07, 6.45) is 1.31. The second-order valence-electron chi connectivity index (χ2n) is 11.1. The number of carbonyl (C=O) groups excluding carboxylic acids is 1. The zero-order valence-corrected chi connectivity index (χ0v) is 18.1. The van der Waals surface area contributed by atoms with Crippen molar-refractivity contribution in [3.8, 4) is 0 Å². The van der Waals surface area contributed by atoms with Crippen LogP contribution in [0.4, 0.5) is 0 Å². The number of carbonyl (C=O) groups is 2.